The number of hydrogen-bond acceptors (Lipinski definition) is 8. The van der Waals surface area contributed by atoms with E-state index in [1.807, 2.05) is 0 Å². The molecule has 154 valence electrons. The van der Waals surface area contributed by atoms with Crippen molar-refractivity contribution in [1.82, 2.24) is 0 Å². The Hall–Kier alpha value is -3.39. The molecule has 8 heteroatoms. The molecule has 29 heavy (non-hydrogen) atoms. The Balaban J connectivity index is 2.27. The molecule has 8 nitrogen and oxygen atoms in total. The molecule has 0 heterocycles. The van der Waals surface area contributed by atoms with Gasteiger partial charge in [-0.15, -0.1) is 0 Å². The van der Waals surface area contributed by atoms with E-state index in [0.717, 1.165) is 0 Å². The minimum absolute atomic E-state index is 0.0365. The van der Waals surface area contributed by atoms with E-state index in [0.29, 0.717) is 45.3 Å². The fourth-order valence-corrected chi connectivity index (χ4v) is 3.52. The average molecular weight is 401 g/mol. The lowest BCUT2D eigenvalue weighted by molar-refractivity contribution is 0.240. The average Bonchev–Trinajstić information content (AvgIpc) is 3.08. The first-order chi connectivity index (χ1) is 14.0. The van der Waals surface area contributed by atoms with Crippen molar-refractivity contribution in [2.24, 2.45) is 5.16 Å². The van der Waals surface area contributed by atoms with Crippen molar-refractivity contribution in [2.75, 3.05) is 28.4 Å². The minimum Gasteiger partial charge on any atom is -0.504 e. The molecule has 0 spiro atoms. The van der Waals surface area contributed by atoms with Crippen molar-refractivity contribution < 1.29 is 34.4 Å². The molecule has 0 aromatic heterocycles. The summed E-state index contributed by atoms with van der Waals surface area (Å²) in [5.41, 5.74) is 2.59. The lowest BCUT2D eigenvalue weighted by Gasteiger charge is -2.16. The van der Waals surface area contributed by atoms with Gasteiger partial charge in [-0.1, -0.05) is 11.2 Å². The summed E-state index contributed by atoms with van der Waals surface area (Å²) in [6.07, 6.45) is -0.801. The third-order valence-corrected chi connectivity index (χ3v) is 4.86. The highest BCUT2D eigenvalue weighted by Crippen LogP contribution is 2.45. The van der Waals surface area contributed by atoms with Crippen LogP contribution in [0.4, 0.5) is 0 Å². The van der Waals surface area contributed by atoms with Gasteiger partial charge in [-0.05, 0) is 41.0 Å². The highest BCUT2D eigenvalue weighted by molar-refractivity contribution is 6.35. The van der Waals surface area contributed by atoms with Gasteiger partial charge in [-0.25, -0.2) is 0 Å². The molecule has 0 amide bonds. The van der Waals surface area contributed by atoms with E-state index in [1.165, 1.54) is 28.4 Å². The number of aliphatic hydroxyl groups is 1. The van der Waals surface area contributed by atoms with E-state index in [4.69, 9.17) is 18.9 Å². The second-order valence-corrected chi connectivity index (χ2v) is 6.36. The maximum absolute atomic E-state index is 10.5. The molecule has 1 aliphatic carbocycles. The van der Waals surface area contributed by atoms with Crippen LogP contribution in [-0.2, 0) is 0 Å². The molecule has 3 N–H and O–H groups in total. The summed E-state index contributed by atoms with van der Waals surface area (Å²) in [5.74, 6) is 1.56. The standard InChI is InChI=1S/C21H23NO7/c1-26-16-6-5-11(7-14(16)23)13-10-15(24)20(22-25)19(13)12-8-17(27-2)21(29-4)18(9-12)28-3/h5-9,15,23-25H,10H2,1-4H3/b22-20-. The van der Waals surface area contributed by atoms with E-state index in [1.54, 1.807) is 30.3 Å². The van der Waals surface area contributed by atoms with Gasteiger partial charge in [0.15, 0.2) is 23.0 Å². The van der Waals surface area contributed by atoms with Gasteiger partial charge in [-0.3, -0.25) is 0 Å². The highest BCUT2D eigenvalue weighted by Gasteiger charge is 2.33. The zero-order valence-electron chi connectivity index (χ0n) is 16.6. The third-order valence-electron chi connectivity index (χ3n) is 4.86. The maximum Gasteiger partial charge on any atom is 0.203 e. The molecule has 1 unspecified atom stereocenters. The van der Waals surface area contributed by atoms with Crippen LogP contribution in [0.1, 0.15) is 17.5 Å². The molecular weight excluding hydrogens is 378 g/mol. The first-order valence-electron chi connectivity index (χ1n) is 8.80. The summed E-state index contributed by atoms with van der Waals surface area (Å²) < 4.78 is 21.3. The predicted octanol–water partition coefficient (Wildman–Crippen LogP) is 2.93. The van der Waals surface area contributed by atoms with Crippen LogP contribution in [0.2, 0.25) is 0 Å². The summed E-state index contributed by atoms with van der Waals surface area (Å²) in [5, 5.41) is 33.5. The normalized spacial score (nSPS) is 17.6. The maximum atomic E-state index is 10.5. The number of aromatic hydroxyl groups is 1. The van der Waals surface area contributed by atoms with Gasteiger partial charge in [0.2, 0.25) is 5.75 Å². The molecule has 0 radical (unpaired) electrons. The van der Waals surface area contributed by atoms with Crippen LogP contribution in [0.15, 0.2) is 35.5 Å². The first kappa shape index (κ1) is 20.3. The molecule has 0 bridgehead atoms. The summed E-state index contributed by atoms with van der Waals surface area (Å²) in [6, 6.07) is 8.36. The fraction of sp³-hybridized carbons (Fsp3) is 0.286. The van der Waals surface area contributed by atoms with Crippen LogP contribution in [-0.4, -0.2) is 55.7 Å². The molecule has 0 aliphatic heterocycles. The van der Waals surface area contributed by atoms with E-state index in [9.17, 15) is 15.4 Å². The van der Waals surface area contributed by atoms with Gasteiger partial charge in [-0.2, -0.15) is 0 Å². The number of nitrogens with zero attached hydrogens (tertiary/aromatic N) is 1. The van der Waals surface area contributed by atoms with Crippen molar-refractivity contribution in [1.29, 1.82) is 0 Å². The predicted molar refractivity (Wildman–Crippen MR) is 107 cm³/mol. The number of phenols is 1. The van der Waals surface area contributed by atoms with E-state index >= 15 is 0 Å². The van der Waals surface area contributed by atoms with Crippen molar-refractivity contribution in [3.8, 4) is 28.7 Å². The molecule has 2 aromatic rings. The second kappa shape index (κ2) is 8.32. The van der Waals surface area contributed by atoms with Crippen molar-refractivity contribution >= 4 is 16.9 Å². The number of aliphatic hydroxyl groups excluding tert-OH is 1. The Morgan fingerprint density at radius 1 is 0.862 bits per heavy atom. The van der Waals surface area contributed by atoms with Gasteiger partial charge in [0, 0.05) is 12.0 Å². The van der Waals surface area contributed by atoms with Crippen LogP contribution in [0.25, 0.3) is 11.1 Å². The summed E-state index contributed by atoms with van der Waals surface area (Å²) in [7, 11) is 5.97. The summed E-state index contributed by atoms with van der Waals surface area (Å²) >= 11 is 0. The number of rotatable bonds is 6. The second-order valence-electron chi connectivity index (χ2n) is 6.36. The fourth-order valence-electron chi connectivity index (χ4n) is 3.52. The van der Waals surface area contributed by atoms with Gasteiger partial charge in [0.25, 0.3) is 0 Å². The molecule has 3 rings (SSSR count). The zero-order valence-corrected chi connectivity index (χ0v) is 16.6. The largest absolute Gasteiger partial charge is 0.504 e. The van der Waals surface area contributed by atoms with Crippen LogP contribution < -0.4 is 18.9 Å². The SMILES string of the molecule is COc1ccc(C2=C(c3cc(OC)c(OC)c(OC)c3)/C(=N\O)C(O)C2)cc1O. The molecule has 0 saturated carbocycles. The Bertz CT molecular complexity index is 956. The molecule has 0 saturated heterocycles. The van der Waals surface area contributed by atoms with Crippen molar-refractivity contribution in [2.45, 2.75) is 12.5 Å². The van der Waals surface area contributed by atoms with Crippen LogP contribution in [0.3, 0.4) is 0 Å². The third kappa shape index (κ3) is 3.54. The molecule has 1 atom stereocenters. The number of ether oxygens (including phenoxy) is 4. The first-order valence-corrected chi connectivity index (χ1v) is 8.80. The monoisotopic (exact) mass is 401 g/mol. The Labute approximate surface area is 168 Å². The molecule has 2 aromatic carbocycles. The summed E-state index contributed by atoms with van der Waals surface area (Å²) in [4.78, 5) is 0. The van der Waals surface area contributed by atoms with Crippen LogP contribution >= 0.6 is 0 Å². The Morgan fingerprint density at radius 2 is 1.48 bits per heavy atom. The number of benzene rings is 2. The van der Waals surface area contributed by atoms with Gasteiger partial charge < -0.3 is 34.4 Å². The van der Waals surface area contributed by atoms with Crippen molar-refractivity contribution in [3.63, 3.8) is 0 Å². The number of methoxy groups -OCH3 is 4. The van der Waals surface area contributed by atoms with E-state index < -0.39 is 6.10 Å². The zero-order chi connectivity index (χ0) is 21.1. The lowest BCUT2D eigenvalue weighted by atomic mass is 9.95. The van der Waals surface area contributed by atoms with Gasteiger partial charge in [0.05, 0.1) is 28.4 Å². The topological polar surface area (TPSA) is 110 Å². The Morgan fingerprint density at radius 3 is 1.97 bits per heavy atom. The summed E-state index contributed by atoms with van der Waals surface area (Å²) in [6.45, 7) is 0. The van der Waals surface area contributed by atoms with Crippen LogP contribution in [0, 0.1) is 0 Å². The van der Waals surface area contributed by atoms with Crippen LogP contribution in [0.5, 0.6) is 28.7 Å². The highest BCUT2D eigenvalue weighted by atomic mass is 16.5. The van der Waals surface area contributed by atoms with Gasteiger partial charge >= 0.3 is 0 Å². The Kier molecular flexibility index (Phi) is 5.84. The van der Waals surface area contributed by atoms with E-state index in [2.05, 4.69) is 5.16 Å². The minimum atomic E-state index is -1.01. The van der Waals surface area contributed by atoms with E-state index in [-0.39, 0.29) is 17.9 Å². The smallest absolute Gasteiger partial charge is 0.203 e. The van der Waals surface area contributed by atoms with Crippen molar-refractivity contribution in [3.05, 3.63) is 41.5 Å². The number of oxime groups is 1. The van der Waals surface area contributed by atoms with Gasteiger partial charge in [0.1, 0.15) is 11.8 Å². The number of phenolic OH excluding ortho intramolecular Hbond substituents is 1. The lowest BCUT2D eigenvalue weighted by Crippen LogP contribution is -2.15. The molecule has 1 aliphatic rings. The quantitative estimate of drug-likeness (QED) is 0.504. The number of hydrogen-bond donors (Lipinski definition) is 3. The molecular formula is C21H23NO7. The molecule has 0 fully saturated rings.